The van der Waals surface area contributed by atoms with Gasteiger partial charge in [0.15, 0.2) is 0 Å². The van der Waals surface area contributed by atoms with E-state index < -0.39 is 29.1 Å². The number of pyridine rings is 1. The van der Waals surface area contributed by atoms with Crippen molar-refractivity contribution >= 4 is 17.6 Å². The highest BCUT2D eigenvalue weighted by Crippen LogP contribution is 2.32. The van der Waals surface area contributed by atoms with E-state index >= 15 is 0 Å². The molecule has 192 valence electrons. The maximum Gasteiger partial charge on any atom is 0.417 e. The monoisotopic (exact) mass is 517 g/mol. The largest absolute Gasteiger partial charge is 0.497 e. The number of carbonyl (C=O) groups excluding carboxylic acids is 1. The molecular formula is C24H19F4N5O4. The van der Waals surface area contributed by atoms with Crippen LogP contribution in [0.5, 0.6) is 5.75 Å². The highest BCUT2D eigenvalue weighted by Gasteiger charge is 2.32. The average molecular weight is 517 g/mol. The SMILES string of the molecule is COC(=O)c1cc(-c2cnc(Nc3cc(F)cc(OC)c3)nc2-n2ccc(C(F)(F)F)c2)cn(C)c1=O. The van der Waals surface area contributed by atoms with Gasteiger partial charge in [0.1, 0.15) is 22.9 Å². The fourth-order valence-electron chi connectivity index (χ4n) is 3.53. The van der Waals surface area contributed by atoms with Gasteiger partial charge in [-0.3, -0.25) is 4.79 Å². The lowest BCUT2D eigenvalue weighted by atomic mass is 10.1. The molecule has 3 heterocycles. The summed E-state index contributed by atoms with van der Waals surface area (Å²) >= 11 is 0. The van der Waals surface area contributed by atoms with Gasteiger partial charge in [0, 0.05) is 60.8 Å². The Morgan fingerprint density at radius 2 is 1.86 bits per heavy atom. The first-order valence-electron chi connectivity index (χ1n) is 10.5. The summed E-state index contributed by atoms with van der Waals surface area (Å²) in [5.41, 5.74) is -1.14. The Kier molecular flexibility index (Phi) is 6.70. The van der Waals surface area contributed by atoms with Crippen LogP contribution >= 0.6 is 0 Å². The Balaban J connectivity index is 1.88. The minimum Gasteiger partial charge on any atom is -0.497 e. The molecule has 13 heteroatoms. The summed E-state index contributed by atoms with van der Waals surface area (Å²) in [7, 11) is 3.88. The minimum absolute atomic E-state index is 0.00849. The summed E-state index contributed by atoms with van der Waals surface area (Å²) in [5.74, 6) is -1.33. The summed E-state index contributed by atoms with van der Waals surface area (Å²) < 4.78 is 65.8. The Morgan fingerprint density at radius 1 is 1.11 bits per heavy atom. The number of carbonyl (C=O) groups is 1. The molecule has 3 aromatic heterocycles. The maximum absolute atomic E-state index is 13.9. The molecule has 0 saturated heterocycles. The Morgan fingerprint density at radius 3 is 2.51 bits per heavy atom. The van der Waals surface area contributed by atoms with Gasteiger partial charge < -0.3 is 23.9 Å². The number of alkyl halides is 3. The topological polar surface area (TPSA) is 100 Å². The summed E-state index contributed by atoms with van der Waals surface area (Å²) in [6, 6.07) is 5.92. The number of aryl methyl sites for hydroxylation is 1. The van der Waals surface area contributed by atoms with Crippen LogP contribution < -0.4 is 15.6 Å². The first-order valence-corrected chi connectivity index (χ1v) is 10.5. The predicted molar refractivity (Wildman–Crippen MR) is 125 cm³/mol. The Hall–Kier alpha value is -4.68. The number of hydrogen-bond acceptors (Lipinski definition) is 7. The molecule has 0 aliphatic carbocycles. The van der Waals surface area contributed by atoms with Crippen LogP contribution in [0.25, 0.3) is 16.9 Å². The second-order valence-electron chi connectivity index (χ2n) is 7.79. The molecule has 0 bridgehead atoms. The van der Waals surface area contributed by atoms with Crippen LogP contribution in [0.3, 0.4) is 0 Å². The normalized spacial score (nSPS) is 11.3. The molecule has 0 amide bonds. The molecule has 1 aromatic carbocycles. The molecule has 37 heavy (non-hydrogen) atoms. The lowest BCUT2D eigenvalue weighted by Crippen LogP contribution is -2.24. The van der Waals surface area contributed by atoms with E-state index in [0.717, 1.165) is 46.8 Å². The van der Waals surface area contributed by atoms with Crippen LogP contribution in [0.2, 0.25) is 0 Å². The molecule has 0 atom stereocenters. The van der Waals surface area contributed by atoms with E-state index in [-0.39, 0.29) is 39.9 Å². The number of aromatic nitrogens is 4. The Bertz CT molecular complexity index is 1550. The lowest BCUT2D eigenvalue weighted by Gasteiger charge is -2.14. The molecule has 0 saturated carbocycles. The van der Waals surface area contributed by atoms with E-state index in [2.05, 4.69) is 20.0 Å². The van der Waals surface area contributed by atoms with Crippen molar-refractivity contribution in [2.75, 3.05) is 19.5 Å². The Labute approximate surface area is 206 Å². The number of methoxy groups -OCH3 is 2. The predicted octanol–water partition coefficient (Wildman–Crippen LogP) is 4.33. The third-order valence-electron chi connectivity index (χ3n) is 5.30. The van der Waals surface area contributed by atoms with E-state index in [1.807, 2.05) is 0 Å². The number of nitrogens with one attached hydrogen (secondary N) is 1. The number of ether oxygens (including phenoxy) is 2. The van der Waals surface area contributed by atoms with Gasteiger partial charge in [-0.15, -0.1) is 0 Å². The van der Waals surface area contributed by atoms with Crippen LogP contribution in [-0.4, -0.2) is 39.3 Å². The number of halogens is 4. The molecular weight excluding hydrogens is 498 g/mol. The van der Waals surface area contributed by atoms with Crippen LogP contribution in [0.15, 0.2) is 59.9 Å². The van der Waals surface area contributed by atoms with Crippen molar-refractivity contribution in [1.29, 1.82) is 0 Å². The van der Waals surface area contributed by atoms with Crippen molar-refractivity contribution in [3.8, 4) is 22.7 Å². The molecule has 4 rings (SSSR count). The van der Waals surface area contributed by atoms with Gasteiger partial charge in [-0.05, 0) is 18.2 Å². The summed E-state index contributed by atoms with van der Waals surface area (Å²) in [6.07, 6.45) is 0.0776. The zero-order valence-electron chi connectivity index (χ0n) is 19.6. The molecule has 0 spiro atoms. The summed E-state index contributed by atoms with van der Waals surface area (Å²) in [6.45, 7) is 0. The average Bonchev–Trinajstić information content (AvgIpc) is 3.36. The van der Waals surface area contributed by atoms with Crippen LogP contribution in [-0.2, 0) is 18.0 Å². The third kappa shape index (κ3) is 5.29. The van der Waals surface area contributed by atoms with Crippen molar-refractivity contribution in [3.05, 3.63) is 82.4 Å². The maximum atomic E-state index is 13.9. The number of benzene rings is 1. The van der Waals surface area contributed by atoms with Crippen molar-refractivity contribution in [1.82, 2.24) is 19.1 Å². The highest BCUT2D eigenvalue weighted by molar-refractivity contribution is 5.90. The fourth-order valence-corrected chi connectivity index (χ4v) is 3.53. The third-order valence-corrected chi connectivity index (χ3v) is 5.30. The number of esters is 1. The first kappa shape index (κ1) is 25.4. The molecule has 0 unspecified atom stereocenters. The summed E-state index contributed by atoms with van der Waals surface area (Å²) in [4.78, 5) is 33.1. The molecule has 0 aliphatic heterocycles. The van der Waals surface area contributed by atoms with Crippen LogP contribution in [0.1, 0.15) is 15.9 Å². The molecule has 0 fully saturated rings. The highest BCUT2D eigenvalue weighted by atomic mass is 19.4. The minimum atomic E-state index is -4.60. The molecule has 0 radical (unpaired) electrons. The second-order valence-corrected chi connectivity index (χ2v) is 7.79. The first-order chi connectivity index (χ1) is 17.5. The fraction of sp³-hybridized carbons (Fsp3) is 0.167. The van der Waals surface area contributed by atoms with Crippen LogP contribution in [0, 0.1) is 5.82 Å². The van der Waals surface area contributed by atoms with E-state index in [9.17, 15) is 27.2 Å². The molecule has 1 N–H and O–H groups in total. The number of anilines is 2. The van der Waals surface area contributed by atoms with Gasteiger partial charge in [0.05, 0.1) is 19.8 Å². The van der Waals surface area contributed by atoms with Crippen molar-refractivity contribution in [2.24, 2.45) is 7.05 Å². The van der Waals surface area contributed by atoms with E-state index in [1.165, 1.54) is 38.7 Å². The number of rotatable bonds is 6. The van der Waals surface area contributed by atoms with Gasteiger partial charge in [-0.2, -0.15) is 18.2 Å². The summed E-state index contributed by atoms with van der Waals surface area (Å²) in [5, 5.41) is 2.80. The standard InChI is InChI=1S/C24H19F4N5O4/c1-32-11-13(6-18(21(32)34)22(35)37-3)19-10-29-23(30-16-7-15(25)8-17(9-16)36-2)31-20(19)33-5-4-14(12-33)24(26,27)28/h4-12H,1-3H3,(H,29,30,31). The second kappa shape index (κ2) is 9.76. The van der Waals surface area contributed by atoms with Crippen molar-refractivity contribution < 1.29 is 31.8 Å². The van der Waals surface area contributed by atoms with E-state index in [4.69, 9.17) is 4.74 Å². The van der Waals surface area contributed by atoms with Crippen molar-refractivity contribution in [2.45, 2.75) is 6.18 Å². The lowest BCUT2D eigenvalue weighted by molar-refractivity contribution is -0.137. The zero-order chi connectivity index (χ0) is 26.9. The van der Waals surface area contributed by atoms with Crippen LogP contribution in [0.4, 0.5) is 29.2 Å². The van der Waals surface area contributed by atoms with Gasteiger partial charge in [-0.1, -0.05) is 0 Å². The van der Waals surface area contributed by atoms with Gasteiger partial charge in [-0.25, -0.2) is 14.2 Å². The van der Waals surface area contributed by atoms with Gasteiger partial charge in [0.2, 0.25) is 5.95 Å². The van der Waals surface area contributed by atoms with Gasteiger partial charge >= 0.3 is 12.1 Å². The number of nitrogens with zero attached hydrogens (tertiary/aromatic N) is 4. The zero-order valence-corrected chi connectivity index (χ0v) is 19.6. The molecule has 9 nitrogen and oxygen atoms in total. The van der Waals surface area contributed by atoms with E-state index in [0.29, 0.717) is 0 Å². The van der Waals surface area contributed by atoms with Gasteiger partial charge in [0.25, 0.3) is 5.56 Å². The molecule has 0 aliphatic rings. The van der Waals surface area contributed by atoms with Crippen molar-refractivity contribution in [3.63, 3.8) is 0 Å². The smallest absolute Gasteiger partial charge is 0.417 e. The number of hydrogen-bond donors (Lipinski definition) is 1. The quantitative estimate of drug-likeness (QED) is 0.300. The van der Waals surface area contributed by atoms with E-state index in [1.54, 1.807) is 0 Å². The molecule has 4 aromatic rings.